The summed E-state index contributed by atoms with van der Waals surface area (Å²) in [6.07, 6.45) is 0. The Morgan fingerprint density at radius 1 is 1.00 bits per heavy atom. The van der Waals surface area contributed by atoms with Crippen LogP contribution in [-0.4, -0.2) is 26.7 Å². The largest absolute Gasteiger partial charge is 0.491 e. The zero-order valence-electron chi connectivity index (χ0n) is 12.9. The zero-order chi connectivity index (χ0) is 14.9. The quantitative estimate of drug-likeness (QED) is 0.805. The van der Waals surface area contributed by atoms with Crippen LogP contribution in [0.4, 0.5) is 5.69 Å². The summed E-state index contributed by atoms with van der Waals surface area (Å²) in [5.41, 5.74) is 2.44. The van der Waals surface area contributed by atoms with Gasteiger partial charge >= 0.3 is 0 Å². The van der Waals surface area contributed by atoms with E-state index >= 15 is 0 Å². The van der Waals surface area contributed by atoms with Gasteiger partial charge in [-0.3, -0.25) is 0 Å². The Morgan fingerprint density at radius 3 is 2.43 bits per heavy atom. The standard InChI is InChI=1S/C18H24N2O/c1-3-20(17-10-5-4-6-11-17)13-14-21-18-12-8-7-9-16(18)15-19-2/h4-12,19H,3,13-15H2,1-2H3. The molecule has 0 unspecified atom stereocenters. The molecular weight excluding hydrogens is 260 g/mol. The van der Waals surface area contributed by atoms with E-state index in [0.717, 1.165) is 25.4 Å². The molecule has 112 valence electrons. The van der Waals surface area contributed by atoms with Gasteiger partial charge in [0.2, 0.25) is 0 Å². The van der Waals surface area contributed by atoms with Gasteiger partial charge in [-0.15, -0.1) is 0 Å². The summed E-state index contributed by atoms with van der Waals surface area (Å²) in [7, 11) is 1.95. The van der Waals surface area contributed by atoms with Crippen LogP contribution in [0.5, 0.6) is 5.75 Å². The van der Waals surface area contributed by atoms with Crippen LogP contribution in [0, 0.1) is 0 Å². The van der Waals surface area contributed by atoms with Crippen LogP contribution in [0.1, 0.15) is 12.5 Å². The summed E-state index contributed by atoms with van der Waals surface area (Å²) in [4.78, 5) is 2.32. The second-order valence-electron chi connectivity index (χ2n) is 4.90. The maximum absolute atomic E-state index is 5.96. The van der Waals surface area contributed by atoms with Gasteiger partial charge in [-0.1, -0.05) is 36.4 Å². The van der Waals surface area contributed by atoms with Crippen LogP contribution < -0.4 is 15.0 Å². The molecule has 2 aromatic carbocycles. The Labute approximate surface area is 127 Å². The fourth-order valence-corrected chi connectivity index (χ4v) is 2.36. The number of nitrogens with zero attached hydrogens (tertiary/aromatic N) is 1. The molecule has 3 heteroatoms. The molecule has 2 aromatic rings. The first-order chi connectivity index (χ1) is 10.3. The molecule has 0 heterocycles. The molecule has 0 saturated heterocycles. The van der Waals surface area contributed by atoms with Gasteiger partial charge in [0.05, 0.1) is 6.54 Å². The molecule has 0 amide bonds. The van der Waals surface area contributed by atoms with E-state index in [0.29, 0.717) is 6.61 Å². The minimum atomic E-state index is 0.684. The van der Waals surface area contributed by atoms with E-state index in [1.165, 1.54) is 11.3 Å². The van der Waals surface area contributed by atoms with Crippen LogP contribution >= 0.6 is 0 Å². The number of rotatable bonds is 8. The van der Waals surface area contributed by atoms with Gasteiger partial charge in [0.1, 0.15) is 12.4 Å². The van der Waals surface area contributed by atoms with Gasteiger partial charge in [-0.05, 0) is 32.2 Å². The lowest BCUT2D eigenvalue weighted by molar-refractivity contribution is 0.320. The Balaban J connectivity index is 1.91. The lowest BCUT2D eigenvalue weighted by Crippen LogP contribution is -2.28. The number of hydrogen-bond acceptors (Lipinski definition) is 3. The van der Waals surface area contributed by atoms with Crippen LogP contribution in [0.2, 0.25) is 0 Å². The number of anilines is 1. The number of benzene rings is 2. The lowest BCUT2D eigenvalue weighted by atomic mass is 10.2. The third kappa shape index (κ3) is 4.50. The van der Waals surface area contributed by atoms with E-state index < -0.39 is 0 Å². The maximum Gasteiger partial charge on any atom is 0.123 e. The number of ether oxygens (including phenoxy) is 1. The lowest BCUT2D eigenvalue weighted by Gasteiger charge is -2.23. The molecular formula is C18H24N2O. The molecule has 0 aromatic heterocycles. The SMILES string of the molecule is CCN(CCOc1ccccc1CNC)c1ccccc1. The van der Waals surface area contributed by atoms with Gasteiger partial charge in [-0.2, -0.15) is 0 Å². The van der Waals surface area contributed by atoms with Crippen molar-refractivity contribution in [3.8, 4) is 5.75 Å². The van der Waals surface area contributed by atoms with Crippen molar-refractivity contribution in [2.24, 2.45) is 0 Å². The summed E-state index contributed by atoms with van der Waals surface area (Å²) in [6, 6.07) is 18.7. The van der Waals surface area contributed by atoms with Crippen molar-refractivity contribution in [3.63, 3.8) is 0 Å². The van der Waals surface area contributed by atoms with E-state index in [-0.39, 0.29) is 0 Å². The van der Waals surface area contributed by atoms with Crippen molar-refractivity contribution >= 4 is 5.69 Å². The Kier molecular flexibility index (Phi) is 6.10. The van der Waals surface area contributed by atoms with Crippen molar-refractivity contribution in [1.82, 2.24) is 5.32 Å². The predicted octanol–water partition coefficient (Wildman–Crippen LogP) is 3.31. The molecule has 0 radical (unpaired) electrons. The summed E-state index contributed by atoms with van der Waals surface area (Å²) < 4.78 is 5.96. The van der Waals surface area contributed by atoms with Gasteiger partial charge in [-0.25, -0.2) is 0 Å². The minimum absolute atomic E-state index is 0.684. The third-order valence-electron chi connectivity index (χ3n) is 3.46. The molecule has 0 fully saturated rings. The fourth-order valence-electron chi connectivity index (χ4n) is 2.36. The Bertz CT molecular complexity index is 528. The van der Waals surface area contributed by atoms with Gasteiger partial charge in [0, 0.05) is 24.3 Å². The Hall–Kier alpha value is -2.00. The van der Waals surface area contributed by atoms with Crippen molar-refractivity contribution in [3.05, 3.63) is 60.2 Å². The van der Waals surface area contributed by atoms with Crippen LogP contribution in [0.25, 0.3) is 0 Å². The monoisotopic (exact) mass is 284 g/mol. The molecule has 0 aliphatic heterocycles. The first kappa shape index (κ1) is 15.4. The molecule has 0 saturated carbocycles. The zero-order valence-corrected chi connectivity index (χ0v) is 12.9. The first-order valence-corrected chi connectivity index (χ1v) is 7.50. The van der Waals surface area contributed by atoms with Gasteiger partial charge in [0.15, 0.2) is 0 Å². The van der Waals surface area contributed by atoms with Crippen LogP contribution in [0.3, 0.4) is 0 Å². The summed E-state index contributed by atoms with van der Waals surface area (Å²) in [5, 5.41) is 3.17. The highest BCUT2D eigenvalue weighted by Crippen LogP contribution is 2.18. The van der Waals surface area contributed by atoms with Crippen molar-refractivity contribution in [1.29, 1.82) is 0 Å². The molecule has 0 aliphatic rings. The van der Waals surface area contributed by atoms with Crippen molar-refractivity contribution in [2.75, 3.05) is 31.6 Å². The molecule has 0 bridgehead atoms. The van der Waals surface area contributed by atoms with Crippen molar-refractivity contribution < 1.29 is 4.74 Å². The number of para-hydroxylation sites is 2. The molecule has 0 aliphatic carbocycles. The van der Waals surface area contributed by atoms with Gasteiger partial charge in [0.25, 0.3) is 0 Å². The molecule has 2 rings (SSSR count). The maximum atomic E-state index is 5.96. The molecule has 3 nitrogen and oxygen atoms in total. The minimum Gasteiger partial charge on any atom is -0.491 e. The van der Waals surface area contributed by atoms with E-state index in [9.17, 15) is 0 Å². The average molecular weight is 284 g/mol. The number of nitrogens with one attached hydrogen (secondary N) is 1. The molecule has 21 heavy (non-hydrogen) atoms. The highest BCUT2D eigenvalue weighted by atomic mass is 16.5. The van der Waals surface area contributed by atoms with E-state index in [4.69, 9.17) is 4.74 Å². The topological polar surface area (TPSA) is 24.5 Å². The van der Waals surface area contributed by atoms with E-state index in [1.807, 2.05) is 31.3 Å². The second kappa shape index (κ2) is 8.32. The third-order valence-corrected chi connectivity index (χ3v) is 3.46. The van der Waals surface area contributed by atoms with E-state index in [1.54, 1.807) is 0 Å². The van der Waals surface area contributed by atoms with Crippen molar-refractivity contribution in [2.45, 2.75) is 13.5 Å². The summed E-state index contributed by atoms with van der Waals surface area (Å²) in [6.45, 7) is 5.54. The highest BCUT2D eigenvalue weighted by molar-refractivity contribution is 5.45. The molecule has 0 atom stereocenters. The summed E-state index contributed by atoms with van der Waals surface area (Å²) in [5.74, 6) is 0.968. The normalized spacial score (nSPS) is 10.4. The van der Waals surface area contributed by atoms with E-state index in [2.05, 4.69) is 47.5 Å². The van der Waals surface area contributed by atoms with Crippen LogP contribution in [-0.2, 0) is 6.54 Å². The predicted molar refractivity (Wildman–Crippen MR) is 89.0 cm³/mol. The highest BCUT2D eigenvalue weighted by Gasteiger charge is 2.05. The average Bonchev–Trinajstić information content (AvgIpc) is 2.54. The number of likely N-dealkylation sites (N-methyl/N-ethyl adjacent to an activating group) is 1. The molecule has 0 spiro atoms. The first-order valence-electron chi connectivity index (χ1n) is 7.50. The molecule has 1 N–H and O–H groups in total. The van der Waals surface area contributed by atoms with Crippen LogP contribution in [0.15, 0.2) is 54.6 Å². The number of hydrogen-bond donors (Lipinski definition) is 1. The van der Waals surface area contributed by atoms with Gasteiger partial charge < -0.3 is 15.0 Å². The second-order valence-corrected chi connectivity index (χ2v) is 4.90. The fraction of sp³-hybridized carbons (Fsp3) is 0.333. The summed E-state index contributed by atoms with van der Waals surface area (Å²) >= 11 is 0. The Morgan fingerprint density at radius 2 is 1.71 bits per heavy atom. The smallest absolute Gasteiger partial charge is 0.123 e.